The maximum absolute atomic E-state index is 14.6. The van der Waals surface area contributed by atoms with E-state index in [-0.39, 0.29) is 18.8 Å². The van der Waals surface area contributed by atoms with Crippen LogP contribution in [0, 0.1) is 10.1 Å². The summed E-state index contributed by atoms with van der Waals surface area (Å²) in [5.74, 6) is -1.28. The number of ether oxygens (including phenoxy) is 1. The van der Waals surface area contributed by atoms with E-state index < -0.39 is 57.7 Å². The molecule has 3 heterocycles. The van der Waals surface area contributed by atoms with Crippen molar-refractivity contribution in [2.75, 3.05) is 31.1 Å². The van der Waals surface area contributed by atoms with Crippen molar-refractivity contribution in [3.8, 4) is 11.5 Å². The Morgan fingerprint density at radius 2 is 1.50 bits per heavy atom. The van der Waals surface area contributed by atoms with Gasteiger partial charge in [-0.2, -0.15) is 13.2 Å². The van der Waals surface area contributed by atoms with Crippen LogP contribution in [0.4, 0.5) is 24.5 Å². The number of para-hydroxylation sites is 1. The number of hydrogen-bond donors (Lipinski definition) is 0. The van der Waals surface area contributed by atoms with Crippen molar-refractivity contribution in [2.45, 2.75) is 24.7 Å². The van der Waals surface area contributed by atoms with E-state index in [0.717, 1.165) is 12.1 Å². The van der Waals surface area contributed by atoms with Crippen LogP contribution in [-0.2, 0) is 6.18 Å². The van der Waals surface area contributed by atoms with Gasteiger partial charge in [-0.3, -0.25) is 29.5 Å². The van der Waals surface area contributed by atoms with Gasteiger partial charge in [-0.25, -0.2) is 0 Å². The van der Waals surface area contributed by atoms with E-state index in [2.05, 4.69) is 0 Å². The number of nitro groups is 1. The number of imide groups is 1. The number of anilines is 1. The maximum Gasteiger partial charge on any atom is 0.422 e. The van der Waals surface area contributed by atoms with Crippen molar-refractivity contribution in [3.05, 3.63) is 93.5 Å². The van der Waals surface area contributed by atoms with Crippen LogP contribution in [0.25, 0.3) is 0 Å². The number of amides is 2. The van der Waals surface area contributed by atoms with Crippen molar-refractivity contribution < 1.29 is 32.4 Å². The summed E-state index contributed by atoms with van der Waals surface area (Å²) in [6.07, 6.45) is -4.52. The van der Waals surface area contributed by atoms with Crippen molar-refractivity contribution in [3.63, 3.8) is 0 Å². The largest absolute Gasteiger partial charge is 0.457 e. The average molecular weight is 553 g/mol. The zero-order valence-corrected chi connectivity index (χ0v) is 21.0. The lowest BCUT2D eigenvalue weighted by Crippen LogP contribution is -2.57. The van der Waals surface area contributed by atoms with E-state index in [4.69, 9.17) is 4.74 Å². The molecule has 206 valence electrons. The standard InChI is InChI=1S/C28H23F3N4O5/c29-28(30,31)24-23(40-17-6-2-1-3-7-17)11-10-21(35(38)39)25(24)33-15-14-32-13-12-20(22(32)16-33)34-26(36)18-8-4-5-9-19(18)27(34)37/h1-11,20,22H,12-16H2/t20-,22+/m0/s1. The fourth-order valence-corrected chi connectivity index (χ4v) is 6.00. The van der Waals surface area contributed by atoms with Gasteiger partial charge in [0, 0.05) is 38.3 Å². The normalized spacial score (nSPS) is 21.0. The molecule has 0 aliphatic carbocycles. The number of alkyl halides is 3. The SMILES string of the molecule is O=C1c2ccccc2C(=O)N1[C@H]1CCN2CCN(c3c([N+](=O)[O-])ccc(Oc4ccccc4)c3C(F)(F)F)C[C@H]12. The van der Waals surface area contributed by atoms with E-state index in [1.807, 2.05) is 4.90 Å². The van der Waals surface area contributed by atoms with Crippen molar-refractivity contribution in [2.24, 2.45) is 0 Å². The lowest BCUT2D eigenvalue weighted by Gasteiger charge is -2.42. The minimum Gasteiger partial charge on any atom is -0.457 e. The first kappa shape index (κ1) is 25.8. The zero-order valence-electron chi connectivity index (χ0n) is 21.0. The third-order valence-electron chi connectivity index (χ3n) is 7.73. The van der Waals surface area contributed by atoms with Crippen LogP contribution in [-0.4, -0.2) is 64.8 Å². The molecule has 40 heavy (non-hydrogen) atoms. The third kappa shape index (κ3) is 4.24. The fraction of sp³-hybridized carbons (Fsp3) is 0.286. The zero-order chi connectivity index (χ0) is 28.2. The Balaban J connectivity index is 1.39. The van der Waals surface area contributed by atoms with E-state index in [1.54, 1.807) is 42.5 Å². The highest BCUT2D eigenvalue weighted by atomic mass is 19.4. The van der Waals surface area contributed by atoms with Gasteiger partial charge in [-0.1, -0.05) is 30.3 Å². The molecule has 2 fully saturated rings. The predicted molar refractivity (Wildman–Crippen MR) is 138 cm³/mol. The molecule has 12 heteroatoms. The Morgan fingerprint density at radius 3 is 2.12 bits per heavy atom. The minimum atomic E-state index is -4.97. The number of carbonyl (C=O) groups is 2. The van der Waals surface area contributed by atoms with Crippen LogP contribution in [0.2, 0.25) is 0 Å². The number of fused-ring (bicyclic) bond motifs is 2. The van der Waals surface area contributed by atoms with Crippen LogP contribution in [0.3, 0.4) is 0 Å². The van der Waals surface area contributed by atoms with Crippen molar-refractivity contribution in [1.82, 2.24) is 9.80 Å². The summed E-state index contributed by atoms with van der Waals surface area (Å²) in [5.41, 5.74) is -1.94. The molecule has 0 bridgehead atoms. The van der Waals surface area contributed by atoms with Crippen LogP contribution in [0.15, 0.2) is 66.7 Å². The second kappa shape index (κ2) is 9.63. The predicted octanol–water partition coefficient (Wildman–Crippen LogP) is 4.97. The van der Waals surface area contributed by atoms with Gasteiger partial charge in [-0.05, 0) is 36.8 Å². The van der Waals surface area contributed by atoms with Crippen molar-refractivity contribution >= 4 is 23.2 Å². The van der Waals surface area contributed by atoms with Gasteiger partial charge >= 0.3 is 6.18 Å². The number of nitrogens with zero attached hydrogens (tertiary/aromatic N) is 4. The second-order valence-electron chi connectivity index (χ2n) is 9.91. The number of benzene rings is 3. The Hall–Kier alpha value is -4.45. The first-order chi connectivity index (χ1) is 19.1. The molecule has 0 saturated carbocycles. The summed E-state index contributed by atoms with van der Waals surface area (Å²) in [7, 11) is 0. The quantitative estimate of drug-likeness (QED) is 0.251. The Bertz CT molecular complexity index is 1480. The lowest BCUT2D eigenvalue weighted by molar-refractivity contribution is -0.384. The van der Waals surface area contributed by atoms with E-state index in [1.165, 1.54) is 21.9 Å². The number of nitro benzene ring substituents is 1. The number of hydrogen-bond acceptors (Lipinski definition) is 7. The van der Waals surface area contributed by atoms with Gasteiger partial charge in [0.2, 0.25) is 0 Å². The van der Waals surface area contributed by atoms with Crippen LogP contribution >= 0.6 is 0 Å². The molecule has 0 aromatic heterocycles. The lowest BCUT2D eigenvalue weighted by atomic mass is 10.0. The highest BCUT2D eigenvalue weighted by molar-refractivity contribution is 6.21. The Kier molecular flexibility index (Phi) is 6.21. The Morgan fingerprint density at radius 1 is 0.850 bits per heavy atom. The van der Waals surface area contributed by atoms with E-state index in [0.29, 0.717) is 30.6 Å². The molecule has 2 saturated heterocycles. The number of piperazine rings is 1. The van der Waals surface area contributed by atoms with Gasteiger partial charge in [0.1, 0.15) is 22.7 Å². The molecule has 3 aromatic rings. The monoisotopic (exact) mass is 552 g/mol. The summed E-state index contributed by atoms with van der Waals surface area (Å²) in [6.45, 7) is 0.894. The Labute approximate surface area is 226 Å². The topological polar surface area (TPSA) is 96.2 Å². The number of rotatable bonds is 5. The van der Waals surface area contributed by atoms with Crippen LogP contribution in [0.1, 0.15) is 32.7 Å². The molecule has 0 N–H and O–H groups in total. The van der Waals surface area contributed by atoms with Crippen LogP contribution in [0.5, 0.6) is 11.5 Å². The smallest absolute Gasteiger partial charge is 0.422 e. The first-order valence-electron chi connectivity index (χ1n) is 12.7. The molecular formula is C28H23F3N4O5. The molecule has 9 nitrogen and oxygen atoms in total. The number of halogens is 3. The molecule has 2 amide bonds. The maximum atomic E-state index is 14.6. The molecule has 2 atom stereocenters. The highest BCUT2D eigenvalue weighted by Gasteiger charge is 2.50. The summed E-state index contributed by atoms with van der Waals surface area (Å²) in [6, 6.07) is 15.2. The molecule has 3 aliphatic rings. The molecule has 0 radical (unpaired) electrons. The van der Waals surface area contributed by atoms with E-state index in [9.17, 15) is 32.9 Å². The summed E-state index contributed by atoms with van der Waals surface area (Å²) < 4.78 is 49.4. The van der Waals surface area contributed by atoms with Gasteiger partial charge < -0.3 is 9.64 Å². The number of carbonyl (C=O) groups excluding carboxylic acids is 2. The summed E-state index contributed by atoms with van der Waals surface area (Å²) in [4.78, 5) is 42.1. The minimum absolute atomic E-state index is 0.0449. The van der Waals surface area contributed by atoms with E-state index >= 15 is 0 Å². The second-order valence-corrected chi connectivity index (χ2v) is 9.91. The molecule has 6 rings (SSSR count). The first-order valence-corrected chi connectivity index (χ1v) is 12.7. The van der Waals surface area contributed by atoms with Gasteiger partial charge in [-0.15, -0.1) is 0 Å². The highest BCUT2D eigenvalue weighted by Crippen LogP contribution is 2.49. The molecule has 0 unspecified atom stereocenters. The van der Waals surface area contributed by atoms with Crippen molar-refractivity contribution in [1.29, 1.82) is 0 Å². The van der Waals surface area contributed by atoms with Crippen LogP contribution < -0.4 is 9.64 Å². The summed E-state index contributed by atoms with van der Waals surface area (Å²) in [5, 5.41) is 12.0. The van der Waals surface area contributed by atoms with Gasteiger partial charge in [0.05, 0.1) is 22.1 Å². The summed E-state index contributed by atoms with van der Waals surface area (Å²) >= 11 is 0. The van der Waals surface area contributed by atoms with Gasteiger partial charge in [0.25, 0.3) is 17.5 Å². The molecule has 0 spiro atoms. The van der Waals surface area contributed by atoms with Gasteiger partial charge in [0.15, 0.2) is 0 Å². The molecular weight excluding hydrogens is 529 g/mol. The molecule has 3 aromatic carbocycles. The molecule has 3 aliphatic heterocycles. The average Bonchev–Trinajstić information content (AvgIpc) is 3.45. The third-order valence-corrected chi connectivity index (χ3v) is 7.73. The fourth-order valence-electron chi connectivity index (χ4n) is 6.00.